The summed E-state index contributed by atoms with van der Waals surface area (Å²) in [6.07, 6.45) is 4.54. The Morgan fingerprint density at radius 2 is 1.91 bits per heavy atom. The van der Waals surface area contributed by atoms with Crippen molar-refractivity contribution in [3.63, 3.8) is 0 Å². The monoisotopic (exact) mass is 304 g/mol. The Morgan fingerprint density at radius 3 is 2.50 bits per heavy atom. The van der Waals surface area contributed by atoms with Crippen molar-refractivity contribution in [2.45, 2.75) is 51.5 Å². The zero-order valence-electron chi connectivity index (χ0n) is 13.7. The molecule has 0 radical (unpaired) electrons. The molecule has 0 atom stereocenters. The highest BCUT2D eigenvalue weighted by atomic mass is 16.5. The molecule has 22 heavy (non-hydrogen) atoms. The molecule has 0 saturated heterocycles. The number of hydrogen-bond donors (Lipinski definition) is 2. The van der Waals surface area contributed by atoms with Crippen molar-refractivity contribution >= 4 is 5.91 Å². The zero-order chi connectivity index (χ0) is 16.0. The van der Waals surface area contributed by atoms with Crippen LogP contribution in [-0.4, -0.2) is 24.6 Å². The normalized spacial score (nSPS) is 16.7. The van der Waals surface area contributed by atoms with Crippen LogP contribution in [0.4, 0.5) is 0 Å². The molecule has 1 aliphatic rings. The molecule has 0 aromatic heterocycles. The second-order valence-electron chi connectivity index (χ2n) is 6.72. The van der Waals surface area contributed by atoms with E-state index < -0.39 is 5.54 Å². The molecule has 1 amide bonds. The van der Waals surface area contributed by atoms with Gasteiger partial charge in [-0.3, -0.25) is 4.79 Å². The summed E-state index contributed by atoms with van der Waals surface area (Å²) in [6, 6.07) is 8.08. The van der Waals surface area contributed by atoms with Gasteiger partial charge < -0.3 is 15.8 Å². The molecule has 1 aromatic rings. The topological polar surface area (TPSA) is 64.3 Å². The van der Waals surface area contributed by atoms with Gasteiger partial charge in [0, 0.05) is 6.54 Å². The van der Waals surface area contributed by atoms with Gasteiger partial charge in [-0.15, -0.1) is 0 Å². The quantitative estimate of drug-likeness (QED) is 0.814. The minimum absolute atomic E-state index is 0.00175. The Morgan fingerprint density at radius 1 is 1.27 bits per heavy atom. The van der Waals surface area contributed by atoms with Gasteiger partial charge in [0.2, 0.25) is 5.91 Å². The Labute approximate surface area is 133 Å². The molecule has 4 nitrogen and oxygen atoms in total. The van der Waals surface area contributed by atoms with Gasteiger partial charge in [0.25, 0.3) is 0 Å². The van der Waals surface area contributed by atoms with E-state index in [1.165, 1.54) is 5.56 Å². The summed E-state index contributed by atoms with van der Waals surface area (Å²) in [4.78, 5) is 12.1. The molecule has 122 valence electrons. The van der Waals surface area contributed by atoms with Crippen molar-refractivity contribution in [2.24, 2.45) is 11.7 Å². The number of ether oxygens (including phenoxy) is 1. The lowest BCUT2D eigenvalue weighted by Gasteiger charge is -2.22. The summed E-state index contributed by atoms with van der Waals surface area (Å²) < 4.78 is 5.66. The van der Waals surface area contributed by atoms with Crippen molar-refractivity contribution in [3.8, 4) is 5.75 Å². The summed E-state index contributed by atoms with van der Waals surface area (Å²) in [5.41, 5.74) is 6.69. The van der Waals surface area contributed by atoms with E-state index in [0.29, 0.717) is 12.5 Å². The standard InChI is InChI=1S/C18H28N2O2/c1-14(2)13-22-16-7-5-15(6-8-16)9-12-20-17(21)18(19)10-3-4-11-18/h5-8,14H,3-4,9-13,19H2,1-2H3,(H,20,21). The molecule has 2 rings (SSSR count). The fourth-order valence-corrected chi connectivity index (χ4v) is 2.74. The molecule has 3 N–H and O–H groups in total. The second kappa shape index (κ2) is 7.63. The molecule has 0 heterocycles. The summed E-state index contributed by atoms with van der Waals surface area (Å²) in [5.74, 6) is 1.42. The highest BCUT2D eigenvalue weighted by molar-refractivity contribution is 5.86. The van der Waals surface area contributed by atoms with Crippen LogP contribution in [0.1, 0.15) is 45.1 Å². The lowest BCUT2D eigenvalue weighted by Crippen LogP contribution is -2.52. The minimum Gasteiger partial charge on any atom is -0.493 e. The van der Waals surface area contributed by atoms with Gasteiger partial charge in [-0.2, -0.15) is 0 Å². The van der Waals surface area contributed by atoms with E-state index in [9.17, 15) is 4.79 Å². The number of nitrogens with one attached hydrogen (secondary N) is 1. The molecule has 0 aliphatic heterocycles. The first-order valence-corrected chi connectivity index (χ1v) is 8.28. The van der Waals surface area contributed by atoms with E-state index in [1.54, 1.807) is 0 Å². The van der Waals surface area contributed by atoms with Crippen LogP contribution in [0.15, 0.2) is 24.3 Å². The Bertz CT molecular complexity index is 476. The van der Waals surface area contributed by atoms with Crippen molar-refractivity contribution in [1.29, 1.82) is 0 Å². The summed E-state index contributed by atoms with van der Waals surface area (Å²) in [6.45, 7) is 5.62. The maximum atomic E-state index is 12.1. The molecular formula is C18H28N2O2. The van der Waals surface area contributed by atoms with Crippen LogP contribution >= 0.6 is 0 Å². The lowest BCUT2D eigenvalue weighted by atomic mass is 9.98. The van der Waals surface area contributed by atoms with E-state index in [0.717, 1.165) is 44.5 Å². The third-order valence-corrected chi connectivity index (χ3v) is 4.15. The Balaban J connectivity index is 1.74. The second-order valence-corrected chi connectivity index (χ2v) is 6.72. The van der Waals surface area contributed by atoms with Crippen LogP contribution in [0.2, 0.25) is 0 Å². The largest absolute Gasteiger partial charge is 0.493 e. The summed E-state index contributed by atoms with van der Waals surface area (Å²) in [7, 11) is 0. The molecule has 0 bridgehead atoms. The maximum Gasteiger partial charge on any atom is 0.240 e. The molecule has 4 heteroatoms. The fourth-order valence-electron chi connectivity index (χ4n) is 2.74. The van der Waals surface area contributed by atoms with Crippen LogP contribution in [0.5, 0.6) is 5.75 Å². The van der Waals surface area contributed by atoms with E-state index >= 15 is 0 Å². The number of benzene rings is 1. The fraction of sp³-hybridized carbons (Fsp3) is 0.611. The molecule has 1 fully saturated rings. The van der Waals surface area contributed by atoms with Gasteiger partial charge >= 0.3 is 0 Å². The van der Waals surface area contributed by atoms with Gasteiger partial charge in [0.15, 0.2) is 0 Å². The van der Waals surface area contributed by atoms with E-state index in [-0.39, 0.29) is 5.91 Å². The van der Waals surface area contributed by atoms with Gasteiger partial charge in [-0.25, -0.2) is 0 Å². The van der Waals surface area contributed by atoms with Crippen LogP contribution < -0.4 is 15.8 Å². The number of hydrogen-bond acceptors (Lipinski definition) is 3. The molecule has 0 spiro atoms. The van der Waals surface area contributed by atoms with Crippen LogP contribution in [0, 0.1) is 5.92 Å². The first-order chi connectivity index (χ1) is 10.5. The summed E-state index contributed by atoms with van der Waals surface area (Å²) in [5, 5.41) is 2.97. The lowest BCUT2D eigenvalue weighted by molar-refractivity contribution is -0.126. The number of nitrogens with two attached hydrogens (primary N) is 1. The molecule has 1 aromatic carbocycles. The smallest absolute Gasteiger partial charge is 0.240 e. The predicted molar refractivity (Wildman–Crippen MR) is 88.9 cm³/mol. The van der Waals surface area contributed by atoms with Crippen LogP contribution in [0.3, 0.4) is 0 Å². The van der Waals surface area contributed by atoms with Crippen molar-refractivity contribution < 1.29 is 9.53 Å². The van der Waals surface area contributed by atoms with Crippen molar-refractivity contribution in [1.82, 2.24) is 5.32 Å². The third kappa shape index (κ3) is 4.73. The third-order valence-electron chi connectivity index (χ3n) is 4.15. The SMILES string of the molecule is CC(C)COc1ccc(CCNC(=O)C2(N)CCCC2)cc1. The van der Waals surface area contributed by atoms with Gasteiger partial charge in [-0.05, 0) is 42.9 Å². The molecule has 1 saturated carbocycles. The molecule has 0 unspecified atom stereocenters. The van der Waals surface area contributed by atoms with Gasteiger partial charge in [0.05, 0.1) is 12.1 Å². The van der Waals surface area contributed by atoms with Gasteiger partial charge in [0.1, 0.15) is 5.75 Å². The predicted octanol–water partition coefficient (Wildman–Crippen LogP) is 2.65. The number of amides is 1. The number of rotatable bonds is 7. The van der Waals surface area contributed by atoms with Crippen LogP contribution in [0.25, 0.3) is 0 Å². The van der Waals surface area contributed by atoms with Crippen molar-refractivity contribution in [3.05, 3.63) is 29.8 Å². The van der Waals surface area contributed by atoms with Crippen molar-refractivity contribution in [2.75, 3.05) is 13.2 Å². The first-order valence-electron chi connectivity index (χ1n) is 8.28. The Hall–Kier alpha value is -1.55. The Kier molecular flexibility index (Phi) is 5.83. The highest BCUT2D eigenvalue weighted by Crippen LogP contribution is 2.27. The average Bonchev–Trinajstić information content (AvgIpc) is 2.94. The number of carbonyl (C=O) groups excluding carboxylic acids is 1. The van der Waals surface area contributed by atoms with Gasteiger partial charge in [-0.1, -0.05) is 38.8 Å². The first kappa shape index (κ1) is 16.8. The average molecular weight is 304 g/mol. The minimum atomic E-state index is -0.630. The summed E-state index contributed by atoms with van der Waals surface area (Å²) >= 11 is 0. The highest BCUT2D eigenvalue weighted by Gasteiger charge is 2.36. The van der Waals surface area contributed by atoms with E-state index in [4.69, 9.17) is 10.5 Å². The molecule has 1 aliphatic carbocycles. The number of carbonyl (C=O) groups is 1. The molecular weight excluding hydrogens is 276 g/mol. The van der Waals surface area contributed by atoms with E-state index in [2.05, 4.69) is 31.3 Å². The zero-order valence-corrected chi connectivity index (χ0v) is 13.7. The maximum absolute atomic E-state index is 12.1. The van der Waals surface area contributed by atoms with Crippen LogP contribution in [-0.2, 0) is 11.2 Å². The van der Waals surface area contributed by atoms with E-state index in [1.807, 2.05) is 12.1 Å².